The van der Waals surface area contributed by atoms with Crippen LogP contribution in [0.1, 0.15) is 44.0 Å². The van der Waals surface area contributed by atoms with Gasteiger partial charge in [-0.05, 0) is 37.0 Å². The zero-order valence-electron chi connectivity index (χ0n) is 14.1. The third-order valence-corrected chi connectivity index (χ3v) is 4.67. The second kappa shape index (κ2) is 8.68. The number of aliphatic carboxylic acids is 1. The van der Waals surface area contributed by atoms with Gasteiger partial charge in [0.1, 0.15) is 6.04 Å². The fourth-order valence-electron chi connectivity index (χ4n) is 2.16. The highest BCUT2D eigenvalue weighted by Gasteiger charge is 2.22. The summed E-state index contributed by atoms with van der Waals surface area (Å²) in [5.74, 6) is -1.56. The van der Waals surface area contributed by atoms with E-state index in [9.17, 15) is 23.1 Å². The van der Waals surface area contributed by atoms with Crippen LogP contribution in [0.5, 0.6) is 0 Å². The van der Waals surface area contributed by atoms with E-state index in [2.05, 4.69) is 10.0 Å². The summed E-state index contributed by atoms with van der Waals surface area (Å²) >= 11 is 0. The van der Waals surface area contributed by atoms with Gasteiger partial charge in [0.15, 0.2) is 0 Å². The van der Waals surface area contributed by atoms with Crippen molar-refractivity contribution in [2.45, 2.75) is 39.7 Å². The predicted molar refractivity (Wildman–Crippen MR) is 92.5 cm³/mol. The third kappa shape index (κ3) is 6.57. The quantitative estimate of drug-likeness (QED) is 0.627. The Kier molecular flexibility index (Phi) is 7.21. The number of benzene rings is 1. The lowest BCUT2D eigenvalue weighted by molar-refractivity contribution is -0.139. The Morgan fingerprint density at radius 2 is 1.92 bits per heavy atom. The molecular weight excluding hydrogens is 332 g/mol. The molecule has 134 valence electrons. The predicted octanol–water partition coefficient (Wildman–Crippen LogP) is 2.07. The number of carboxylic acids is 1. The Morgan fingerprint density at radius 3 is 2.46 bits per heavy atom. The molecule has 24 heavy (non-hydrogen) atoms. The van der Waals surface area contributed by atoms with E-state index in [4.69, 9.17) is 0 Å². The zero-order valence-corrected chi connectivity index (χ0v) is 14.9. The molecular formula is C16H24N2O5S. The summed E-state index contributed by atoms with van der Waals surface area (Å²) in [5, 5.41) is 11.6. The first kappa shape index (κ1) is 20.0. The molecule has 0 fully saturated rings. The molecule has 0 saturated heterocycles. The highest BCUT2D eigenvalue weighted by molar-refractivity contribution is 7.92. The van der Waals surface area contributed by atoms with E-state index >= 15 is 0 Å². The molecule has 0 aromatic heterocycles. The smallest absolute Gasteiger partial charge is 0.326 e. The molecule has 1 rings (SSSR count). The van der Waals surface area contributed by atoms with E-state index in [1.807, 2.05) is 13.8 Å². The maximum Gasteiger partial charge on any atom is 0.326 e. The van der Waals surface area contributed by atoms with Gasteiger partial charge in [-0.1, -0.05) is 26.8 Å². The molecule has 1 aromatic rings. The van der Waals surface area contributed by atoms with Gasteiger partial charge in [-0.15, -0.1) is 0 Å². The number of rotatable bonds is 9. The van der Waals surface area contributed by atoms with Crippen molar-refractivity contribution in [2.24, 2.45) is 5.92 Å². The lowest BCUT2D eigenvalue weighted by Gasteiger charge is -2.17. The van der Waals surface area contributed by atoms with Gasteiger partial charge in [0, 0.05) is 11.3 Å². The average Bonchev–Trinajstić information content (AvgIpc) is 2.45. The van der Waals surface area contributed by atoms with E-state index in [1.165, 1.54) is 24.3 Å². The molecule has 0 saturated carbocycles. The fraction of sp³-hybridized carbons (Fsp3) is 0.500. The van der Waals surface area contributed by atoms with Gasteiger partial charge in [0.25, 0.3) is 5.91 Å². The minimum atomic E-state index is -3.46. The van der Waals surface area contributed by atoms with Crippen LogP contribution in [-0.4, -0.2) is 37.2 Å². The van der Waals surface area contributed by atoms with Crippen LogP contribution in [-0.2, 0) is 14.8 Å². The fourth-order valence-corrected chi connectivity index (χ4v) is 3.28. The first-order valence-electron chi connectivity index (χ1n) is 7.79. The van der Waals surface area contributed by atoms with Crippen LogP contribution in [0.15, 0.2) is 24.3 Å². The van der Waals surface area contributed by atoms with E-state index < -0.39 is 27.9 Å². The Morgan fingerprint density at radius 1 is 1.25 bits per heavy atom. The Bertz CT molecular complexity index is 685. The average molecular weight is 356 g/mol. The second-order valence-electron chi connectivity index (χ2n) is 6.00. The molecule has 0 aliphatic heterocycles. The van der Waals surface area contributed by atoms with Crippen molar-refractivity contribution >= 4 is 27.6 Å². The maximum atomic E-state index is 12.2. The van der Waals surface area contributed by atoms with Gasteiger partial charge in [0.2, 0.25) is 10.0 Å². The number of carbonyl (C=O) groups is 2. The van der Waals surface area contributed by atoms with Crippen LogP contribution in [0.3, 0.4) is 0 Å². The third-order valence-electron chi connectivity index (χ3n) is 3.18. The lowest BCUT2D eigenvalue weighted by Crippen LogP contribution is -2.41. The van der Waals surface area contributed by atoms with Crippen molar-refractivity contribution in [2.75, 3.05) is 10.5 Å². The second-order valence-corrected chi connectivity index (χ2v) is 7.84. The number of sulfonamides is 1. The maximum absolute atomic E-state index is 12.2. The van der Waals surface area contributed by atoms with Gasteiger partial charge in [0.05, 0.1) is 5.75 Å². The number of carbonyl (C=O) groups excluding carboxylic acids is 1. The molecule has 3 N–H and O–H groups in total. The molecule has 1 amide bonds. The van der Waals surface area contributed by atoms with Crippen molar-refractivity contribution in [1.82, 2.24) is 5.32 Å². The number of amides is 1. The minimum Gasteiger partial charge on any atom is -0.480 e. The van der Waals surface area contributed by atoms with Crippen molar-refractivity contribution in [3.8, 4) is 0 Å². The number of hydrogen-bond donors (Lipinski definition) is 3. The van der Waals surface area contributed by atoms with E-state index in [0.29, 0.717) is 12.8 Å². The minimum absolute atomic E-state index is 0.0150. The number of anilines is 1. The summed E-state index contributed by atoms with van der Waals surface area (Å²) in [6.07, 6.45) is 0.787. The SMILES string of the molecule is CCCS(=O)(=O)Nc1cccc(C(=O)NC(CC(C)C)C(=O)O)c1. The van der Waals surface area contributed by atoms with Gasteiger partial charge in [-0.3, -0.25) is 9.52 Å². The number of nitrogens with one attached hydrogen (secondary N) is 2. The first-order valence-corrected chi connectivity index (χ1v) is 9.44. The van der Waals surface area contributed by atoms with Gasteiger partial charge < -0.3 is 10.4 Å². The molecule has 1 aromatic carbocycles. The Labute approximate surface area is 142 Å². The van der Waals surface area contributed by atoms with Crippen LogP contribution < -0.4 is 10.0 Å². The van der Waals surface area contributed by atoms with E-state index in [0.717, 1.165) is 0 Å². The highest BCUT2D eigenvalue weighted by atomic mass is 32.2. The van der Waals surface area contributed by atoms with Crippen LogP contribution in [0.25, 0.3) is 0 Å². The monoisotopic (exact) mass is 356 g/mol. The summed E-state index contributed by atoms with van der Waals surface area (Å²) < 4.78 is 26.0. The van der Waals surface area contributed by atoms with Crippen molar-refractivity contribution in [3.63, 3.8) is 0 Å². The summed E-state index contributed by atoms with van der Waals surface area (Å²) in [6, 6.07) is 4.97. The molecule has 0 aliphatic carbocycles. The standard InChI is InChI=1S/C16H24N2O5S/c1-4-8-24(22,23)18-13-7-5-6-12(10-13)15(19)17-14(16(20)21)9-11(2)3/h5-7,10-11,14,18H,4,8-9H2,1-3H3,(H,17,19)(H,20,21). The van der Waals surface area contributed by atoms with Crippen molar-refractivity contribution in [3.05, 3.63) is 29.8 Å². The van der Waals surface area contributed by atoms with E-state index in [1.54, 1.807) is 6.92 Å². The van der Waals surface area contributed by atoms with Crippen LogP contribution in [0, 0.1) is 5.92 Å². The summed E-state index contributed by atoms with van der Waals surface area (Å²) in [4.78, 5) is 23.5. The molecule has 0 radical (unpaired) electrons. The lowest BCUT2D eigenvalue weighted by atomic mass is 10.0. The van der Waals surface area contributed by atoms with Gasteiger partial charge >= 0.3 is 5.97 Å². The topological polar surface area (TPSA) is 113 Å². The van der Waals surface area contributed by atoms with Crippen LogP contribution in [0.4, 0.5) is 5.69 Å². The molecule has 0 heterocycles. The van der Waals surface area contributed by atoms with Crippen molar-refractivity contribution < 1.29 is 23.1 Å². The summed E-state index contributed by atoms with van der Waals surface area (Å²) in [5.41, 5.74) is 0.466. The Balaban J connectivity index is 2.88. The van der Waals surface area contributed by atoms with Crippen LogP contribution in [0.2, 0.25) is 0 Å². The zero-order chi connectivity index (χ0) is 18.3. The number of hydrogen-bond acceptors (Lipinski definition) is 4. The largest absolute Gasteiger partial charge is 0.480 e. The molecule has 7 nitrogen and oxygen atoms in total. The van der Waals surface area contributed by atoms with Gasteiger partial charge in [-0.2, -0.15) is 0 Å². The van der Waals surface area contributed by atoms with Gasteiger partial charge in [-0.25, -0.2) is 13.2 Å². The van der Waals surface area contributed by atoms with Crippen LogP contribution >= 0.6 is 0 Å². The number of carboxylic acid groups (broad SMARTS) is 1. The van der Waals surface area contributed by atoms with E-state index in [-0.39, 0.29) is 22.9 Å². The molecule has 8 heteroatoms. The summed E-state index contributed by atoms with van der Waals surface area (Å²) in [7, 11) is -3.46. The Hall–Kier alpha value is -2.09. The molecule has 0 spiro atoms. The van der Waals surface area contributed by atoms with Crippen molar-refractivity contribution in [1.29, 1.82) is 0 Å². The first-order chi connectivity index (χ1) is 11.1. The molecule has 1 unspecified atom stereocenters. The highest BCUT2D eigenvalue weighted by Crippen LogP contribution is 2.14. The molecule has 1 atom stereocenters. The summed E-state index contributed by atoms with van der Waals surface area (Å²) in [6.45, 7) is 5.49. The molecule has 0 bridgehead atoms. The normalized spacial score (nSPS) is 12.7. The molecule has 0 aliphatic rings.